The quantitative estimate of drug-likeness (QED) is 0.0329. The largest absolute Gasteiger partial charge is 0.462 e. The van der Waals surface area contributed by atoms with E-state index in [1.54, 1.807) is 20.8 Å². The van der Waals surface area contributed by atoms with Crippen LogP contribution < -0.4 is 0 Å². The van der Waals surface area contributed by atoms with E-state index in [0.29, 0.717) is 13.3 Å². The second-order valence-electron chi connectivity index (χ2n) is 42.3. The van der Waals surface area contributed by atoms with E-state index in [0.717, 1.165) is 34.6 Å². The van der Waals surface area contributed by atoms with Crippen LogP contribution in [0.5, 0.6) is 0 Å². The lowest BCUT2D eigenvalue weighted by atomic mass is 9.65. The molecular formula is C125H190O25. The molecule has 0 aromatic heterocycles. The number of aliphatic hydroxyl groups excluding tert-OH is 5. The molecule has 5 saturated heterocycles. The van der Waals surface area contributed by atoms with E-state index < -0.39 is 528 Å². The minimum atomic E-state index is -3.87. The molecule has 10 aliphatic carbocycles. The van der Waals surface area contributed by atoms with E-state index >= 15 is 0 Å². The van der Waals surface area contributed by atoms with E-state index in [1.165, 1.54) is 41.5 Å². The number of rotatable bonds is 30. The predicted molar refractivity (Wildman–Crippen MR) is 577 cm³/mol. The Morgan fingerprint density at radius 3 is 0.707 bits per heavy atom. The van der Waals surface area contributed by atoms with Gasteiger partial charge in [0.25, 0.3) is 0 Å². The highest BCUT2D eigenvalue weighted by molar-refractivity contribution is 5.79. The second-order valence-corrected chi connectivity index (χ2v) is 42.3. The Labute approximate surface area is 994 Å². The Hall–Kier alpha value is -8.10. The van der Waals surface area contributed by atoms with Crippen molar-refractivity contribution in [2.75, 3.05) is 0 Å². The van der Waals surface area contributed by atoms with Gasteiger partial charge in [0.1, 0.15) is 61.0 Å². The number of hydrogen-bond donors (Lipinski definition) is 5. The fraction of sp³-hybridized carbons (Fsp3) is 0.760. The van der Waals surface area contributed by atoms with Gasteiger partial charge in [-0.3, -0.25) is 47.9 Å². The zero-order valence-corrected chi connectivity index (χ0v) is 87.1. The highest BCUT2D eigenvalue weighted by atomic mass is 16.6. The summed E-state index contributed by atoms with van der Waals surface area (Å²) in [5, 5.41) is 50.2. The van der Waals surface area contributed by atoms with Crippen LogP contribution in [0.1, 0.15) is 459 Å². The van der Waals surface area contributed by atoms with Gasteiger partial charge in [-0.05, 0) is 313 Å². The number of esters is 10. The maximum Gasteiger partial charge on any atom is 0.311 e. The number of carbonyl (C=O) groups is 10. The molecule has 15 rings (SSSR count). The normalized spacial score (nSPS) is 52.8. The Balaban J connectivity index is 0.000000250. The summed E-state index contributed by atoms with van der Waals surface area (Å²) < 4.78 is 634. The van der Waals surface area contributed by atoms with Gasteiger partial charge in [-0.25, -0.2) is 0 Å². The van der Waals surface area contributed by atoms with E-state index in [1.807, 2.05) is 0 Å². The summed E-state index contributed by atoms with van der Waals surface area (Å²) in [5.41, 5.74) is -14.4. The van der Waals surface area contributed by atoms with Gasteiger partial charge in [0.05, 0.1) is 110 Å². The minimum Gasteiger partial charge on any atom is -0.462 e. The van der Waals surface area contributed by atoms with Crippen molar-refractivity contribution in [2.24, 2.45) is 145 Å². The van der Waals surface area contributed by atoms with Gasteiger partial charge < -0.3 is 72.9 Å². The molecule has 0 aromatic carbocycles. The molecule has 0 radical (unpaired) electrons. The summed E-state index contributed by atoms with van der Waals surface area (Å²) in [7, 11) is 0. The Bertz CT molecular complexity index is 8180. The van der Waals surface area contributed by atoms with Crippen molar-refractivity contribution >= 4 is 59.7 Å². The fourth-order valence-corrected chi connectivity index (χ4v) is 19.8. The molecule has 5 N–H and O–H groups in total. The molecule has 5 heterocycles. The van der Waals surface area contributed by atoms with Gasteiger partial charge in [0.2, 0.25) is 0 Å². The summed E-state index contributed by atoms with van der Waals surface area (Å²) >= 11 is 0. The lowest BCUT2D eigenvalue weighted by molar-refractivity contribution is -0.166. The van der Waals surface area contributed by atoms with Gasteiger partial charge in [0, 0.05) is 136 Å². The maximum absolute atomic E-state index is 13.9. The van der Waals surface area contributed by atoms with Crippen LogP contribution in [0, 0.1) is 145 Å². The average Bonchev–Trinajstić information content (AvgIpc) is 0.680. The molecule has 0 aromatic rings. The summed E-state index contributed by atoms with van der Waals surface area (Å²) in [6, 6.07) is -13.1. The molecular weight excluding hydrogens is 1900 g/mol. The first-order valence-corrected chi connectivity index (χ1v) is 50.8. The molecule has 13 unspecified atom stereocenters. The van der Waals surface area contributed by atoms with Gasteiger partial charge in [-0.1, -0.05) is 194 Å². The topological polar surface area (TPSA) is 364 Å². The zero-order chi connectivity index (χ0) is 170. The molecule has 25 heteroatoms. The Morgan fingerprint density at radius 2 is 0.520 bits per heavy atom. The monoisotopic (exact) mass is 2160 g/mol. The van der Waals surface area contributed by atoms with Crippen molar-refractivity contribution in [2.45, 2.75) is 456 Å². The summed E-state index contributed by atoms with van der Waals surface area (Å²) in [6.07, 6.45) is -47.2. The van der Waals surface area contributed by atoms with Crippen molar-refractivity contribution in [3.8, 4) is 0 Å². The molecule has 840 valence electrons. The molecule has 0 saturated carbocycles. The first kappa shape index (κ1) is 57.7. The highest BCUT2D eigenvalue weighted by Gasteiger charge is 2.52. The molecule has 0 amide bonds. The first-order valence-electron chi connectivity index (χ1n) is 85.3. The third-order valence-electron chi connectivity index (χ3n) is 29.5. The van der Waals surface area contributed by atoms with Crippen molar-refractivity contribution in [3.05, 3.63) is 119 Å². The third-order valence-corrected chi connectivity index (χ3v) is 29.5. The molecule has 5 aliphatic heterocycles. The van der Waals surface area contributed by atoms with Gasteiger partial charge >= 0.3 is 59.7 Å². The molecule has 38 atom stereocenters. The zero-order valence-electron chi connectivity index (χ0n) is 156. The summed E-state index contributed by atoms with van der Waals surface area (Å²) in [5.74, 6) is -52.8. The lowest BCUT2D eigenvalue weighted by Gasteiger charge is -2.44. The molecule has 25 nitrogen and oxygen atoms in total. The maximum atomic E-state index is 13.9. The smallest absolute Gasteiger partial charge is 0.311 e. The van der Waals surface area contributed by atoms with Gasteiger partial charge in [-0.15, -0.1) is 0 Å². The lowest BCUT2D eigenvalue weighted by Crippen LogP contribution is -2.43. The predicted octanol–water partition coefficient (Wildman–Crippen LogP) is 22.9. The van der Waals surface area contributed by atoms with E-state index in [-0.39, 0.29) is 141 Å². The average molecular weight is 2160 g/mol. The number of hydrogen-bond acceptors (Lipinski definition) is 25. The molecule has 5 fully saturated rings. The van der Waals surface area contributed by atoms with Crippen molar-refractivity contribution in [3.63, 3.8) is 0 Å². The van der Waals surface area contributed by atoms with Crippen LogP contribution in [0.4, 0.5) is 0 Å². The Morgan fingerprint density at radius 1 is 0.327 bits per heavy atom. The second kappa shape index (κ2) is 53.6. The minimum absolute atomic E-state index is 0.0173. The van der Waals surface area contributed by atoms with Crippen LogP contribution in [0.3, 0.4) is 0 Å². The SMILES string of the molecule is [2H]C1=C([2H])[C@]([2H])(C)[C@H](CCC2C[C@@H](O)CC(=O)O2)[C@@H]2C1=C([2H])[C@]([2H])(C([2H])([2H])[2H])C([2H])([2H])C2OC(=O)C(C)(C([2H])([2H])[2H])C([2H])([2H])C([2H])([2H])[2H].[2H]C1=C([2H])[C@]([2H])(C)[C@H](CCC2C[C@@H](O)CC(=O)O2)[C@@H]2C1=C([2H])[C@]([2H])(C([2H])([2H])[2H])C([2H])([2H])C2OC(=O)C(C)(C)C([2H])([2H])C([2H])([2H])[2H].[2H]C1=C([2H])[C@]([2H])(C)[C@H](CCC2C[C@@H](O)CC(=O)O2)[C@@H]2C1=C([2H])[C@]([2H])(C([2H])([2H])[2H])C([2H])([2H])C2OC(=O)C(C)(C)CC.[2H]C1=C([2H])[C@]([2H])(C)[C@H](CCC2C[C@@H](O)CC(=O)O2)[C@@H]2C1=C([2H])[C@]([2H])(C([2H])([2H])[2H])C([2H])([2H])C2OC(=O)C(C)(CC)C([2H])([2H])[2H].[2H]C1=C([2H])[C@]([2H])(C)[C@H](CCC2C[C@@H](O)CC(=O)O2)[C@@H]2C1=C([2H])[C@]([2H])(C([2H])([2H])[2H])C([2H])([2H])C2OC(=O)C(C)(CC)C([2H])([2H])[2H]. The van der Waals surface area contributed by atoms with E-state index in [4.69, 9.17) is 142 Å². The summed E-state index contributed by atoms with van der Waals surface area (Å²) in [6.45, 7) is -16.4. The number of cyclic esters (lactones) is 5. The van der Waals surface area contributed by atoms with Crippen molar-refractivity contribution in [1.29, 1.82) is 0 Å². The summed E-state index contributed by atoms with van der Waals surface area (Å²) in [4.78, 5) is 128. The van der Waals surface area contributed by atoms with Gasteiger partial charge in [-0.2, -0.15) is 0 Å². The first-order chi connectivity index (χ1) is 97.9. The number of allylic oxidation sites excluding steroid dienone is 15. The van der Waals surface area contributed by atoms with Crippen LogP contribution in [0.15, 0.2) is 119 Å². The van der Waals surface area contributed by atoms with Gasteiger partial charge in [0.15, 0.2) is 0 Å². The standard InChI is InChI=1S/5C25H38O5/c5*1-6-25(4,5)24(28)30-21-12-15(2)11-17-8-7-16(3)20(23(17)21)10-9-19-13-18(26)14-22(27)29-19/h5*7-8,11,15-16,18-21,23,26H,6,9-10,12-14H2,1-5H3/t5*15-,16-,18+,19?,20-,21?,23-/m00000/s1/i1D3,2D3,4D3,6D2,7D,8D,11D,12D2,15D,16D;1D3,2D3,6D2,7D,8D,11D,12D2,15D,16D;2*2D3,4D3,7D,8D,11D,12D2,15D,16D;2D3,7D,8D,11D,12D2,15D,16D/t15-,16-,18+,19?,20-,21?,23-,25?;m;2*15-,16-,18+,19?,20-,21?,23-,25?;m. The van der Waals surface area contributed by atoms with Crippen molar-refractivity contribution in [1.82, 2.24) is 0 Å². The number of aliphatic hydroxyl groups is 5. The number of carbonyl (C=O) groups excluding carboxylic acids is 10. The third kappa shape index (κ3) is 32.8. The molecule has 0 bridgehead atoms. The number of ether oxygens (including phenoxy) is 10. The van der Waals surface area contributed by atoms with Crippen LogP contribution in [-0.4, -0.2) is 177 Å². The van der Waals surface area contributed by atoms with Crippen LogP contribution in [0.25, 0.3) is 0 Å². The van der Waals surface area contributed by atoms with Crippen LogP contribution in [0.2, 0.25) is 0 Å². The highest BCUT2D eigenvalue weighted by Crippen LogP contribution is 2.54. The molecule has 0 spiro atoms. The molecule has 150 heavy (non-hydrogen) atoms. The molecule has 15 aliphatic rings. The Kier molecular flexibility index (Phi) is 20.6. The van der Waals surface area contributed by atoms with Crippen molar-refractivity contribution < 1.29 is 215 Å². The van der Waals surface area contributed by atoms with Crippen LogP contribution in [-0.2, 0) is 95.3 Å². The van der Waals surface area contributed by atoms with E-state index in [9.17, 15) is 73.5 Å². The fourth-order valence-electron chi connectivity index (χ4n) is 19.8. The number of fused-ring (bicyclic) bond motifs is 5. The van der Waals surface area contributed by atoms with E-state index in [2.05, 4.69) is 0 Å². The van der Waals surface area contributed by atoms with Crippen LogP contribution >= 0.6 is 0 Å².